The van der Waals surface area contributed by atoms with Crippen molar-refractivity contribution in [3.63, 3.8) is 0 Å². The van der Waals surface area contributed by atoms with Crippen molar-refractivity contribution in [1.29, 1.82) is 31.6 Å². The van der Waals surface area contributed by atoms with Crippen LogP contribution in [0.5, 0.6) is 5.75 Å². The van der Waals surface area contributed by atoms with Gasteiger partial charge in [0.25, 0.3) is 0 Å². The summed E-state index contributed by atoms with van der Waals surface area (Å²) < 4.78 is 0. The summed E-state index contributed by atoms with van der Waals surface area (Å²) >= 11 is 14.0. The number of halogens is 2. The van der Waals surface area contributed by atoms with Gasteiger partial charge in [0.2, 0.25) is 5.78 Å². The zero-order chi connectivity index (χ0) is 43.9. The first-order valence-electron chi connectivity index (χ1n) is 14.3. The van der Waals surface area contributed by atoms with Crippen molar-refractivity contribution in [1.82, 2.24) is 0 Å². The van der Waals surface area contributed by atoms with Crippen LogP contribution < -0.4 is 28.7 Å². The summed E-state index contributed by atoms with van der Waals surface area (Å²) in [6.07, 6.45) is 1.62. The molecule has 0 aliphatic heterocycles. The van der Waals surface area contributed by atoms with E-state index in [9.17, 15) is 9.90 Å². The average Bonchev–Trinajstić information content (AvgIpc) is 3.22. The molecule has 0 spiro atoms. The van der Waals surface area contributed by atoms with Gasteiger partial charge in [-0.25, -0.2) is 4.99 Å². The van der Waals surface area contributed by atoms with E-state index in [4.69, 9.17) is 123 Å². The molecule has 56 heavy (non-hydrogen) atoms. The normalized spacial score (nSPS) is 9.59. The number of carbonyl (C=O) groups excluding carboxylic acids is 1. The number of phenolic OH excluding ortho intramolecular Hbond substituents is 1. The van der Waals surface area contributed by atoms with E-state index in [1.807, 2.05) is 32.9 Å². The quantitative estimate of drug-likeness (QED) is 0.0660. The molecule has 0 saturated carbocycles. The first-order valence-corrected chi connectivity index (χ1v) is 31.1. The third kappa shape index (κ3) is 35.4. The SMILES string of the molecule is C.CC.CC1=CC(=Nc2ccc(N)cc2)C(N)=C(Cl)C1=O.Cc1cc(N)ccc1N.Cc1ccc(N)c(Cl)c1O.[C-]#N.[C-]#N.[C-]#N.[C-]#N.[C-]#N.[C-]#N.[Fe+6].[K].[K][K]. The third-order valence-corrected chi connectivity index (χ3v) is 5.98. The van der Waals surface area contributed by atoms with Crippen molar-refractivity contribution >= 4 is 178 Å². The van der Waals surface area contributed by atoms with Crippen LogP contribution >= 0.6 is 23.2 Å². The number of aliphatic imine (C=N–C) groups is 1. The van der Waals surface area contributed by atoms with Crippen molar-refractivity contribution in [2.75, 3.05) is 22.9 Å². The molecule has 0 saturated heterocycles. The Morgan fingerprint density at radius 2 is 1.04 bits per heavy atom. The molecule has 14 nitrogen and oxygen atoms in total. The van der Waals surface area contributed by atoms with E-state index in [-0.39, 0.29) is 103 Å². The molecule has 0 atom stereocenters. The number of hydrogen-bond acceptors (Lipinski definition) is 14. The van der Waals surface area contributed by atoms with Crippen LogP contribution in [0.3, 0.4) is 0 Å². The van der Waals surface area contributed by atoms with Gasteiger partial charge in [0.05, 0.1) is 22.8 Å². The number of nitrogens with zero attached hydrogens (tertiary/aromatic N) is 7. The van der Waals surface area contributed by atoms with Crippen LogP contribution in [-0.2, 0) is 21.9 Å². The zero-order valence-corrected chi connectivity index (χ0v) is 43.7. The van der Waals surface area contributed by atoms with Gasteiger partial charge in [-0.1, -0.05) is 50.5 Å². The van der Waals surface area contributed by atoms with Gasteiger partial charge in [0, 0.05) is 74.0 Å². The van der Waals surface area contributed by atoms with Crippen molar-refractivity contribution < 1.29 is 27.0 Å². The van der Waals surface area contributed by atoms with E-state index in [2.05, 4.69) is 4.99 Å². The van der Waals surface area contributed by atoms with E-state index >= 15 is 0 Å². The second-order valence-electron chi connectivity index (χ2n) is 8.22. The van der Waals surface area contributed by atoms with Gasteiger partial charge in [-0.2, -0.15) is 0 Å². The van der Waals surface area contributed by atoms with Gasteiger partial charge in [-0.3, -0.25) is 4.79 Å². The molecule has 20 heteroatoms. The summed E-state index contributed by atoms with van der Waals surface area (Å²) in [7, 11) is 0. The van der Waals surface area contributed by atoms with Crippen molar-refractivity contribution in [2.45, 2.75) is 42.0 Å². The molecule has 0 heterocycles. The zero-order valence-electron chi connectivity index (χ0n) is 31.8. The molecule has 0 amide bonds. The Kier molecular flexibility index (Phi) is 77.6. The van der Waals surface area contributed by atoms with Crippen LogP contribution in [0.4, 0.5) is 28.4 Å². The van der Waals surface area contributed by atoms with E-state index < -0.39 is 0 Å². The fourth-order valence-corrected chi connectivity index (χ4v) is 3.37. The van der Waals surface area contributed by atoms with Crippen LogP contribution in [0.2, 0.25) is 5.02 Å². The minimum absolute atomic E-state index is 0. The predicted molar refractivity (Wildman–Crippen MR) is 221 cm³/mol. The number of ketones is 1. The Morgan fingerprint density at radius 1 is 0.661 bits per heavy atom. The summed E-state index contributed by atoms with van der Waals surface area (Å²) in [5.41, 5.74) is 34.1. The Balaban J connectivity index is -0.0000000608. The molecular weight excluding hydrogens is 877 g/mol. The number of nitrogens with two attached hydrogens (primary N) is 5. The predicted octanol–water partition coefficient (Wildman–Crippen LogP) is 6.47. The molecule has 4 rings (SSSR count). The summed E-state index contributed by atoms with van der Waals surface area (Å²) in [5, 5.41) is 46.9. The standard InChI is InChI=1S/C13H12ClN3O.C7H8ClNO.C7H10N2.C2H6.6CN.CH4.Fe.3K/c1-7-6-10(12(16)11(14)13(7)18)17-9-4-2-8(15)3-5-9;1-4-2-3-5(9)6(8)7(4)10;1-5-4-6(8)2-3-7(5)9;7*1-2;;;;;/h2-6H,15-16H2,1H3;2-3,10H,9H2,1H3;2-4H,8-9H2,1H3;1-2H3;;;;;;;1H4;;;;/q;;;;6*-1;;+6;;;. The number of anilines is 4. The number of benzene rings is 3. The third-order valence-electron chi connectivity index (χ3n) is 5.21. The summed E-state index contributed by atoms with van der Waals surface area (Å²) in [6, 6.07) is 15.9. The number of Topliss-reactive ketones (excluding diaryl/α,β-unsaturated/α-hetero) is 1. The van der Waals surface area contributed by atoms with E-state index in [0.29, 0.717) is 28.3 Å². The maximum atomic E-state index is 11.6. The van der Waals surface area contributed by atoms with Crippen molar-refractivity contribution in [3.8, 4) is 5.75 Å². The second-order valence-corrected chi connectivity index (χ2v) is 8.98. The molecule has 1 aliphatic rings. The van der Waals surface area contributed by atoms with Crippen molar-refractivity contribution in [2.24, 2.45) is 10.7 Å². The number of allylic oxidation sites excluding steroid dienone is 3. The van der Waals surface area contributed by atoms with E-state index in [1.165, 1.54) is 63.2 Å². The summed E-state index contributed by atoms with van der Waals surface area (Å²) in [6.45, 7) is 37.9. The molecule has 281 valence electrons. The van der Waals surface area contributed by atoms with E-state index in [0.717, 1.165) is 22.5 Å². The van der Waals surface area contributed by atoms with Gasteiger partial charge >= 0.3 is 80.2 Å². The fourth-order valence-electron chi connectivity index (χ4n) is 2.91. The average molecular weight is 917 g/mol. The molecule has 1 aliphatic carbocycles. The Morgan fingerprint density at radius 3 is 1.39 bits per heavy atom. The van der Waals surface area contributed by atoms with Gasteiger partial charge in [-0.15, -0.1) is 0 Å². The molecule has 0 fully saturated rings. The summed E-state index contributed by atoms with van der Waals surface area (Å²) in [5.74, 6) is -0.188. The molecule has 3 aromatic rings. The first kappa shape index (κ1) is 78.5. The second kappa shape index (κ2) is 55.3. The molecule has 0 bridgehead atoms. The van der Waals surface area contributed by atoms with Crippen LogP contribution in [-0.4, -0.2) is 131 Å². The van der Waals surface area contributed by atoms with Crippen LogP contribution in [0, 0.1) is 84.9 Å². The van der Waals surface area contributed by atoms with Gasteiger partial charge in [0.15, 0.2) is 0 Å². The first-order chi connectivity index (χ1) is 25.3. The Bertz CT molecular complexity index is 1640. The number of nitrogen functional groups attached to an aromatic ring is 4. The number of rotatable bonds is 1. The minimum atomic E-state index is -0.259. The Hall–Kier alpha value is -1.77. The van der Waals surface area contributed by atoms with Crippen LogP contribution in [0.25, 0.3) is 0 Å². The van der Waals surface area contributed by atoms with Crippen molar-refractivity contribution in [3.05, 3.63) is 133 Å². The maximum absolute atomic E-state index is 11.6. The number of phenols is 1. The molecule has 3 aromatic carbocycles. The molecule has 0 unspecified atom stereocenters. The molecule has 1 radical (unpaired) electrons. The number of carbonyl (C=O) groups is 1. The van der Waals surface area contributed by atoms with Gasteiger partial charge in [0.1, 0.15) is 15.8 Å². The van der Waals surface area contributed by atoms with Gasteiger partial charge in [-0.05, 0) is 86.5 Å². The molecule has 0 aromatic heterocycles. The van der Waals surface area contributed by atoms with Crippen LogP contribution in [0.15, 0.2) is 82.0 Å². The fraction of sp³-hybridized carbons (Fsp3) is 0.167. The topological polar surface area (TPSA) is 322 Å². The number of aromatic hydroxyl groups is 1. The summed E-state index contributed by atoms with van der Waals surface area (Å²) in [4.78, 5) is 15.9. The molecule has 11 N–H and O–H groups in total. The Labute approximate surface area is 441 Å². The number of aryl methyl sites for hydroxylation is 2. The van der Waals surface area contributed by atoms with E-state index in [1.54, 1.807) is 62.4 Å². The number of hydrogen-bond donors (Lipinski definition) is 6. The van der Waals surface area contributed by atoms with Gasteiger partial charge < -0.3 is 105 Å². The monoisotopic (exact) mass is 915 g/mol. The van der Waals surface area contributed by atoms with Crippen LogP contribution in [0.1, 0.15) is 39.3 Å². The molecular formula is C36H40Cl2FeK3N12O2.